The van der Waals surface area contributed by atoms with Gasteiger partial charge in [-0.05, 0) is 90.7 Å². The molecule has 0 saturated heterocycles. The number of anilines is 3. The van der Waals surface area contributed by atoms with Crippen LogP contribution in [0.4, 0.5) is 17.3 Å². The minimum absolute atomic E-state index is 0.0671. The average molecular weight is 821 g/mol. The number of hydrogen-bond donors (Lipinski definition) is 3. The van der Waals surface area contributed by atoms with Crippen molar-refractivity contribution in [2.24, 2.45) is 4.99 Å². The summed E-state index contributed by atoms with van der Waals surface area (Å²) in [6, 6.07) is 19.0. The van der Waals surface area contributed by atoms with Crippen LogP contribution >= 0.6 is 0 Å². The van der Waals surface area contributed by atoms with Crippen molar-refractivity contribution in [3.8, 4) is 22.4 Å². The van der Waals surface area contributed by atoms with E-state index in [-0.39, 0.29) is 24.9 Å². The highest BCUT2D eigenvalue weighted by Crippen LogP contribution is 2.30. The van der Waals surface area contributed by atoms with E-state index in [9.17, 15) is 9.59 Å². The van der Waals surface area contributed by atoms with Crippen molar-refractivity contribution in [1.82, 2.24) is 44.0 Å². The molecule has 1 aliphatic heterocycles. The summed E-state index contributed by atoms with van der Waals surface area (Å²) in [6.45, 7) is 4.01. The number of fused-ring (bicyclic) bond motifs is 2. The molecule has 306 valence electrons. The van der Waals surface area contributed by atoms with E-state index in [4.69, 9.17) is 10.4 Å². The standard InChI is InChI=1S/C46H40N14O2/c1-30-22-32(6-13-49-30)35-7-14-51-45-36(35)11-20-59(45)28-43(61)56-41-4-2-33(25-54-41)38(23-47)53-24-31-9-18-58(19-10-31)40-8-15-52-46-37(40)12-21-60(46)29-44(62)57-42-5-3-34(26-55-42)39-27-48-16-17-50-39/h2-9,11-17,20-23,25-27,47H,10,18-19,24,28-29H2,1H3,(H,54,56,61)(H,55,57,62). The van der Waals surface area contributed by atoms with E-state index in [0.29, 0.717) is 47.3 Å². The SMILES string of the molecule is Cc1cc(-c2ccnc3c2ccn3CC(=O)Nc2ccc(C(C=N)=NCC3=CCN(c4ccnc5c4ccn5CC(=O)Nc4ccc(-c5cnccn5)cn4)CC3)cn2)ccn1. The van der Waals surface area contributed by atoms with Crippen LogP contribution in [0.5, 0.6) is 0 Å². The second-order valence-electron chi connectivity index (χ2n) is 14.7. The van der Waals surface area contributed by atoms with Crippen molar-refractivity contribution in [2.75, 3.05) is 35.2 Å². The molecule has 9 rings (SSSR count). The molecule has 8 aromatic heterocycles. The number of pyridine rings is 5. The average Bonchev–Trinajstić information content (AvgIpc) is 3.91. The van der Waals surface area contributed by atoms with Gasteiger partial charge < -0.3 is 30.1 Å². The number of aliphatic imine (C=N–C) groups is 1. The molecule has 2 amide bonds. The van der Waals surface area contributed by atoms with Gasteiger partial charge in [-0.3, -0.25) is 29.5 Å². The maximum atomic E-state index is 13.1. The number of nitrogens with one attached hydrogen (secondary N) is 3. The molecule has 0 radical (unpaired) electrons. The van der Waals surface area contributed by atoms with Gasteiger partial charge in [-0.25, -0.2) is 19.9 Å². The fraction of sp³-hybridized carbons (Fsp3) is 0.152. The van der Waals surface area contributed by atoms with E-state index in [2.05, 4.69) is 56.5 Å². The third kappa shape index (κ3) is 8.56. The molecule has 62 heavy (non-hydrogen) atoms. The van der Waals surface area contributed by atoms with Crippen molar-refractivity contribution in [3.63, 3.8) is 0 Å². The Morgan fingerprint density at radius 1 is 0.742 bits per heavy atom. The molecule has 0 bridgehead atoms. The van der Waals surface area contributed by atoms with Gasteiger partial charge in [0, 0.05) is 108 Å². The van der Waals surface area contributed by atoms with Crippen LogP contribution in [0.15, 0.2) is 139 Å². The molecule has 16 nitrogen and oxygen atoms in total. The third-order valence-electron chi connectivity index (χ3n) is 10.6. The van der Waals surface area contributed by atoms with Crippen LogP contribution in [-0.2, 0) is 22.7 Å². The molecular formula is C46H40N14O2. The van der Waals surface area contributed by atoms with Gasteiger partial charge >= 0.3 is 0 Å². The predicted octanol–water partition coefficient (Wildman–Crippen LogP) is 6.56. The van der Waals surface area contributed by atoms with Gasteiger partial charge in [0.05, 0.1) is 24.1 Å². The summed E-state index contributed by atoms with van der Waals surface area (Å²) >= 11 is 0. The topological polar surface area (TPSA) is 198 Å². The number of amides is 2. The van der Waals surface area contributed by atoms with Gasteiger partial charge in [-0.15, -0.1) is 0 Å². The van der Waals surface area contributed by atoms with E-state index in [1.54, 1.807) is 67.8 Å². The van der Waals surface area contributed by atoms with E-state index in [0.717, 1.165) is 57.5 Å². The van der Waals surface area contributed by atoms with E-state index in [1.165, 1.54) is 11.8 Å². The van der Waals surface area contributed by atoms with Crippen LogP contribution in [0.3, 0.4) is 0 Å². The largest absolute Gasteiger partial charge is 0.367 e. The fourth-order valence-corrected chi connectivity index (χ4v) is 7.50. The molecule has 0 fully saturated rings. The van der Waals surface area contributed by atoms with Gasteiger partial charge in [0.2, 0.25) is 11.8 Å². The Labute approximate surface area is 355 Å². The Kier molecular flexibility index (Phi) is 11.1. The zero-order valence-electron chi connectivity index (χ0n) is 33.7. The lowest BCUT2D eigenvalue weighted by atomic mass is 10.0. The van der Waals surface area contributed by atoms with Crippen LogP contribution in [-0.4, -0.2) is 87.4 Å². The summed E-state index contributed by atoms with van der Waals surface area (Å²) in [5, 5.41) is 15.7. The summed E-state index contributed by atoms with van der Waals surface area (Å²) in [7, 11) is 0. The first-order chi connectivity index (χ1) is 30.4. The number of aromatic nitrogens is 9. The van der Waals surface area contributed by atoms with E-state index >= 15 is 0 Å². The van der Waals surface area contributed by atoms with Gasteiger partial charge in [0.15, 0.2) is 0 Å². The molecule has 0 spiro atoms. The van der Waals surface area contributed by atoms with E-state index < -0.39 is 0 Å². The van der Waals surface area contributed by atoms with Crippen molar-refractivity contribution in [3.05, 3.63) is 146 Å². The van der Waals surface area contributed by atoms with Crippen LogP contribution in [0.2, 0.25) is 0 Å². The second kappa shape index (κ2) is 17.5. The van der Waals surface area contributed by atoms with Crippen molar-refractivity contribution < 1.29 is 9.59 Å². The van der Waals surface area contributed by atoms with Crippen LogP contribution in [0.1, 0.15) is 17.7 Å². The summed E-state index contributed by atoms with van der Waals surface area (Å²) in [6.07, 6.45) is 21.4. The minimum Gasteiger partial charge on any atom is -0.367 e. The third-order valence-corrected chi connectivity index (χ3v) is 10.6. The number of carbonyl (C=O) groups is 2. The van der Waals surface area contributed by atoms with Gasteiger partial charge in [-0.1, -0.05) is 6.08 Å². The Morgan fingerprint density at radius 3 is 2.13 bits per heavy atom. The zero-order chi connectivity index (χ0) is 42.4. The van der Waals surface area contributed by atoms with Crippen molar-refractivity contribution in [2.45, 2.75) is 26.4 Å². The highest BCUT2D eigenvalue weighted by atomic mass is 16.2. The first-order valence-corrected chi connectivity index (χ1v) is 20.0. The van der Waals surface area contributed by atoms with Gasteiger partial charge in [0.25, 0.3) is 0 Å². The molecule has 0 unspecified atom stereocenters. The van der Waals surface area contributed by atoms with Crippen LogP contribution < -0.4 is 15.5 Å². The molecule has 3 N–H and O–H groups in total. The first kappa shape index (κ1) is 39.2. The van der Waals surface area contributed by atoms with Gasteiger partial charge in [-0.2, -0.15) is 0 Å². The molecule has 0 aliphatic carbocycles. The molecule has 0 aromatic carbocycles. The highest BCUT2D eigenvalue weighted by Gasteiger charge is 2.18. The van der Waals surface area contributed by atoms with E-state index in [1.807, 2.05) is 70.9 Å². The van der Waals surface area contributed by atoms with Crippen LogP contribution in [0.25, 0.3) is 44.5 Å². The Bertz CT molecular complexity index is 2990. The number of hydrogen-bond acceptors (Lipinski definition) is 12. The summed E-state index contributed by atoms with van der Waals surface area (Å²) in [5.74, 6) is 0.390. The highest BCUT2D eigenvalue weighted by molar-refractivity contribution is 6.37. The maximum Gasteiger partial charge on any atom is 0.245 e. The molecule has 0 atom stereocenters. The molecule has 16 heteroatoms. The normalized spacial score (nSPS) is 13.0. The minimum atomic E-state index is -0.238. The number of rotatable bonds is 13. The first-order valence-electron chi connectivity index (χ1n) is 20.0. The number of aryl methyl sites for hydroxylation is 1. The lowest BCUT2D eigenvalue weighted by molar-refractivity contribution is -0.117. The van der Waals surface area contributed by atoms with Crippen molar-refractivity contribution in [1.29, 1.82) is 5.41 Å². The fourth-order valence-electron chi connectivity index (χ4n) is 7.50. The summed E-state index contributed by atoms with van der Waals surface area (Å²) < 4.78 is 3.65. The van der Waals surface area contributed by atoms with Crippen LogP contribution in [0, 0.1) is 12.3 Å². The lowest BCUT2D eigenvalue weighted by Gasteiger charge is -2.28. The summed E-state index contributed by atoms with van der Waals surface area (Å²) in [5.41, 5.74) is 9.32. The monoisotopic (exact) mass is 820 g/mol. The molecule has 1 aliphatic rings. The number of carbonyl (C=O) groups excluding carboxylic acids is 2. The smallest absolute Gasteiger partial charge is 0.245 e. The second-order valence-corrected chi connectivity index (χ2v) is 14.7. The zero-order valence-corrected chi connectivity index (χ0v) is 33.7. The predicted molar refractivity (Wildman–Crippen MR) is 239 cm³/mol. The Balaban J connectivity index is 0.787. The molecule has 8 aromatic rings. The van der Waals surface area contributed by atoms with Gasteiger partial charge in [0.1, 0.15) is 36.0 Å². The lowest BCUT2D eigenvalue weighted by Crippen LogP contribution is -2.29. The summed E-state index contributed by atoms with van der Waals surface area (Å²) in [4.78, 5) is 63.8. The number of nitrogens with zero attached hydrogens (tertiary/aromatic N) is 11. The Hall–Kier alpha value is -8.27. The maximum absolute atomic E-state index is 13.1. The molecular weight excluding hydrogens is 781 g/mol. The van der Waals surface area contributed by atoms with Crippen molar-refractivity contribution >= 4 is 63.1 Å². The molecule has 0 saturated carbocycles. The quantitative estimate of drug-likeness (QED) is 0.0847. The Morgan fingerprint density at radius 2 is 1.47 bits per heavy atom. The molecule has 9 heterocycles.